The van der Waals surface area contributed by atoms with Gasteiger partial charge >= 0.3 is 12.1 Å². The van der Waals surface area contributed by atoms with Crippen LogP contribution in [-0.2, 0) is 11.0 Å². The van der Waals surface area contributed by atoms with Crippen LogP contribution in [-0.4, -0.2) is 17.1 Å². The van der Waals surface area contributed by atoms with Crippen molar-refractivity contribution in [3.05, 3.63) is 53.6 Å². The average Bonchev–Trinajstić information content (AvgIpc) is 2.76. The second kappa shape index (κ2) is 10.6. The summed E-state index contributed by atoms with van der Waals surface area (Å²) in [5.41, 5.74) is 2.44. The Hall–Kier alpha value is -2.50. The number of alkyl halides is 3. The number of hydrogen-bond donors (Lipinski definition) is 2. The zero-order valence-electron chi connectivity index (χ0n) is 21.4. The zero-order valence-corrected chi connectivity index (χ0v) is 21.4. The van der Waals surface area contributed by atoms with Gasteiger partial charge in [-0.15, -0.1) is 0 Å². The van der Waals surface area contributed by atoms with Crippen molar-refractivity contribution in [2.75, 3.05) is 5.32 Å². The van der Waals surface area contributed by atoms with Crippen LogP contribution in [0.5, 0.6) is 0 Å². The summed E-state index contributed by atoms with van der Waals surface area (Å²) in [6.07, 6.45) is 0.439. The van der Waals surface area contributed by atoms with E-state index in [2.05, 4.69) is 26.1 Å². The number of hydrogen-bond acceptors (Lipinski definition) is 2. The molecule has 1 unspecified atom stereocenters. The Morgan fingerprint density at radius 2 is 1.57 bits per heavy atom. The molecule has 3 nitrogen and oxygen atoms in total. The molecule has 35 heavy (non-hydrogen) atoms. The maximum atomic E-state index is 13.1. The van der Waals surface area contributed by atoms with Gasteiger partial charge in [-0.1, -0.05) is 52.8 Å². The van der Waals surface area contributed by atoms with Crippen molar-refractivity contribution < 1.29 is 23.1 Å². The molecule has 1 aliphatic carbocycles. The fourth-order valence-corrected chi connectivity index (χ4v) is 5.14. The molecule has 2 N–H and O–H groups in total. The summed E-state index contributed by atoms with van der Waals surface area (Å²) >= 11 is 0. The van der Waals surface area contributed by atoms with Gasteiger partial charge in [0.2, 0.25) is 0 Å². The van der Waals surface area contributed by atoms with Crippen LogP contribution in [0.3, 0.4) is 0 Å². The summed E-state index contributed by atoms with van der Waals surface area (Å²) in [6, 6.07) is 11.0. The van der Waals surface area contributed by atoms with Gasteiger partial charge in [-0.05, 0) is 90.3 Å². The monoisotopic (exact) mass is 489 g/mol. The molecule has 0 aromatic heterocycles. The highest BCUT2D eigenvalue weighted by atomic mass is 19.4. The molecular weight excluding hydrogens is 451 g/mol. The second-order valence-corrected chi connectivity index (χ2v) is 11.5. The minimum atomic E-state index is -4.40. The lowest BCUT2D eigenvalue weighted by molar-refractivity contribution is -0.139. The van der Waals surface area contributed by atoms with Gasteiger partial charge in [-0.3, -0.25) is 4.79 Å². The smallest absolute Gasteiger partial charge is 0.416 e. The van der Waals surface area contributed by atoms with Gasteiger partial charge in [0, 0.05) is 11.7 Å². The van der Waals surface area contributed by atoms with Crippen molar-refractivity contribution >= 4 is 11.7 Å². The SMILES string of the molecule is CC(C)CC(C(=O)O)c1cc(NC2CCC(C(C)(C)C)CC2)cc(-c2ccc(C(F)(F)F)cc2)c1. The predicted octanol–water partition coefficient (Wildman–Crippen LogP) is 8.60. The van der Waals surface area contributed by atoms with Crippen LogP contribution in [0.15, 0.2) is 42.5 Å². The van der Waals surface area contributed by atoms with Crippen molar-refractivity contribution in [1.29, 1.82) is 0 Å². The lowest BCUT2D eigenvalue weighted by atomic mass is 9.71. The first-order valence-corrected chi connectivity index (χ1v) is 12.6. The van der Waals surface area contributed by atoms with Gasteiger partial charge in [0.05, 0.1) is 11.5 Å². The molecule has 1 saturated carbocycles. The third-order valence-corrected chi connectivity index (χ3v) is 7.23. The van der Waals surface area contributed by atoms with Gasteiger partial charge in [0.25, 0.3) is 0 Å². The molecule has 1 atom stereocenters. The molecule has 3 rings (SSSR count). The topological polar surface area (TPSA) is 49.3 Å². The standard InChI is InChI=1S/C29H38F3NO2/c1-18(2)14-26(27(34)35)21-15-20(19-6-8-23(9-7-19)29(30,31)32)16-25(17-21)33-24-12-10-22(11-13-24)28(3,4)5/h6-9,15-18,22,24,26,33H,10-14H2,1-5H3,(H,34,35). The van der Waals surface area contributed by atoms with Gasteiger partial charge in [0.15, 0.2) is 0 Å². The van der Waals surface area contributed by atoms with E-state index >= 15 is 0 Å². The number of aliphatic carboxylic acids is 1. The molecule has 0 amide bonds. The van der Waals surface area contributed by atoms with E-state index in [0.717, 1.165) is 49.1 Å². The van der Waals surface area contributed by atoms with Gasteiger partial charge < -0.3 is 10.4 Å². The Bertz CT molecular complexity index is 998. The van der Waals surface area contributed by atoms with Crippen LogP contribution in [0.2, 0.25) is 0 Å². The molecule has 2 aromatic rings. The summed E-state index contributed by atoms with van der Waals surface area (Å²) in [4.78, 5) is 12.1. The molecular formula is C29H38F3NO2. The number of halogens is 3. The highest BCUT2D eigenvalue weighted by Crippen LogP contribution is 2.39. The quantitative estimate of drug-likeness (QED) is 0.409. The molecule has 0 bridgehead atoms. The van der Waals surface area contributed by atoms with Crippen LogP contribution in [0.4, 0.5) is 18.9 Å². The van der Waals surface area contributed by atoms with Crippen LogP contribution in [0.1, 0.15) is 83.8 Å². The fourth-order valence-electron chi connectivity index (χ4n) is 5.14. The lowest BCUT2D eigenvalue weighted by Crippen LogP contribution is -2.31. The number of nitrogens with one attached hydrogen (secondary N) is 1. The summed E-state index contributed by atoms with van der Waals surface area (Å²) in [7, 11) is 0. The molecule has 0 saturated heterocycles. The highest BCUT2D eigenvalue weighted by molar-refractivity contribution is 5.79. The molecule has 1 aliphatic rings. The van der Waals surface area contributed by atoms with Crippen molar-refractivity contribution in [1.82, 2.24) is 0 Å². The maximum Gasteiger partial charge on any atom is 0.416 e. The van der Waals surface area contributed by atoms with Gasteiger partial charge in [-0.2, -0.15) is 13.2 Å². The van der Waals surface area contributed by atoms with Crippen LogP contribution in [0, 0.1) is 17.3 Å². The number of rotatable bonds is 7. The third kappa shape index (κ3) is 7.25. The first kappa shape index (κ1) is 27.1. The number of carboxylic acids is 1. The van der Waals surface area contributed by atoms with E-state index in [1.165, 1.54) is 12.1 Å². The van der Waals surface area contributed by atoms with E-state index in [0.29, 0.717) is 23.5 Å². The van der Waals surface area contributed by atoms with Crippen molar-refractivity contribution in [3.8, 4) is 11.1 Å². The summed E-state index contributed by atoms with van der Waals surface area (Å²) in [5, 5.41) is 13.5. The van der Waals surface area contributed by atoms with E-state index in [9.17, 15) is 23.1 Å². The third-order valence-electron chi connectivity index (χ3n) is 7.23. The Balaban J connectivity index is 1.93. The molecule has 1 fully saturated rings. The van der Waals surface area contributed by atoms with E-state index in [-0.39, 0.29) is 17.4 Å². The van der Waals surface area contributed by atoms with Crippen LogP contribution in [0.25, 0.3) is 11.1 Å². The molecule has 0 heterocycles. The Morgan fingerprint density at radius 3 is 2.06 bits per heavy atom. The normalized spacial score (nSPS) is 20.0. The van der Waals surface area contributed by atoms with Crippen molar-refractivity contribution in [2.45, 2.75) is 84.9 Å². The number of carbonyl (C=O) groups is 1. The Kier molecular flexibility index (Phi) is 8.23. The van der Waals surface area contributed by atoms with Gasteiger partial charge in [0.1, 0.15) is 0 Å². The van der Waals surface area contributed by atoms with Crippen LogP contribution < -0.4 is 5.32 Å². The second-order valence-electron chi connectivity index (χ2n) is 11.5. The molecule has 6 heteroatoms. The van der Waals surface area contributed by atoms with E-state index in [1.807, 2.05) is 32.0 Å². The average molecular weight is 490 g/mol. The Morgan fingerprint density at radius 1 is 0.971 bits per heavy atom. The Labute approximate surface area is 207 Å². The van der Waals surface area contributed by atoms with Crippen molar-refractivity contribution in [2.24, 2.45) is 17.3 Å². The predicted molar refractivity (Wildman–Crippen MR) is 136 cm³/mol. The van der Waals surface area contributed by atoms with E-state index in [4.69, 9.17) is 0 Å². The molecule has 0 radical (unpaired) electrons. The molecule has 2 aromatic carbocycles. The first-order valence-electron chi connectivity index (χ1n) is 12.6. The lowest BCUT2D eigenvalue weighted by Gasteiger charge is -2.37. The number of benzene rings is 2. The summed E-state index contributed by atoms with van der Waals surface area (Å²) < 4.78 is 39.2. The minimum absolute atomic E-state index is 0.190. The highest BCUT2D eigenvalue weighted by Gasteiger charge is 2.31. The number of carboxylic acid groups (broad SMARTS) is 1. The zero-order chi connectivity index (χ0) is 26.0. The fraction of sp³-hybridized carbons (Fsp3) is 0.552. The molecule has 192 valence electrons. The summed E-state index contributed by atoms with van der Waals surface area (Å²) in [6.45, 7) is 10.8. The minimum Gasteiger partial charge on any atom is -0.481 e. The van der Waals surface area contributed by atoms with E-state index < -0.39 is 23.6 Å². The summed E-state index contributed by atoms with van der Waals surface area (Å²) in [5.74, 6) is -0.701. The van der Waals surface area contributed by atoms with Crippen molar-refractivity contribution in [3.63, 3.8) is 0 Å². The number of anilines is 1. The van der Waals surface area contributed by atoms with Gasteiger partial charge in [-0.25, -0.2) is 0 Å². The molecule has 0 aliphatic heterocycles. The first-order chi connectivity index (χ1) is 16.2. The van der Waals surface area contributed by atoms with E-state index in [1.54, 1.807) is 0 Å². The van der Waals surface area contributed by atoms with Crippen LogP contribution >= 0.6 is 0 Å². The largest absolute Gasteiger partial charge is 0.481 e. The maximum absolute atomic E-state index is 13.1. The molecule has 0 spiro atoms.